The van der Waals surface area contributed by atoms with Gasteiger partial charge in [-0.05, 0) is 61.3 Å². The van der Waals surface area contributed by atoms with Crippen LogP contribution in [0.2, 0.25) is 10.0 Å². The van der Waals surface area contributed by atoms with Gasteiger partial charge in [-0.2, -0.15) is 13.1 Å². The van der Waals surface area contributed by atoms with Crippen LogP contribution in [0.25, 0.3) is 0 Å². The number of likely N-dealkylation sites (N-methyl/N-ethyl adjacent to an activating group) is 1. The fraction of sp³-hybridized carbons (Fsp3) is 0.639. The zero-order chi connectivity index (χ0) is 38.2. The summed E-state index contributed by atoms with van der Waals surface area (Å²) in [6.07, 6.45) is 2.37. The van der Waals surface area contributed by atoms with Crippen LogP contribution in [-0.4, -0.2) is 150 Å². The van der Waals surface area contributed by atoms with Crippen molar-refractivity contribution in [3.8, 4) is 0 Å². The van der Waals surface area contributed by atoms with Gasteiger partial charge in [0.05, 0.1) is 114 Å². The van der Waals surface area contributed by atoms with Crippen molar-refractivity contribution in [3.05, 3.63) is 63.6 Å². The van der Waals surface area contributed by atoms with Crippen LogP contribution in [-0.2, 0) is 54.6 Å². The quantitative estimate of drug-likeness (QED) is 0.111. The third-order valence-electron chi connectivity index (χ3n) is 8.18. The van der Waals surface area contributed by atoms with E-state index in [0.29, 0.717) is 102 Å². The molecule has 1 saturated heterocycles. The van der Waals surface area contributed by atoms with E-state index in [0.717, 1.165) is 37.1 Å². The van der Waals surface area contributed by atoms with Gasteiger partial charge in [-0.15, -0.1) is 0 Å². The molecule has 0 bridgehead atoms. The van der Waals surface area contributed by atoms with Gasteiger partial charge >= 0.3 is 0 Å². The van der Waals surface area contributed by atoms with Gasteiger partial charge in [0.25, 0.3) is 10.2 Å². The Morgan fingerprint density at radius 1 is 0.774 bits per heavy atom. The minimum absolute atomic E-state index is 0.0783. The zero-order valence-corrected chi connectivity index (χ0v) is 33.2. The molecule has 3 rings (SSSR count). The number of anilines is 1. The Hall–Kier alpha value is -2.12. The number of methoxy groups -OCH3 is 1. The van der Waals surface area contributed by atoms with Crippen LogP contribution in [0.1, 0.15) is 30.0 Å². The number of rotatable bonds is 30. The van der Waals surface area contributed by atoms with Gasteiger partial charge in [-0.25, -0.2) is 0 Å². The minimum Gasteiger partial charge on any atom is -0.382 e. The summed E-state index contributed by atoms with van der Waals surface area (Å²) in [7, 11) is -0.468. The van der Waals surface area contributed by atoms with Gasteiger partial charge < -0.3 is 43.0 Å². The lowest BCUT2D eigenvalue weighted by atomic mass is 10.0. The summed E-state index contributed by atoms with van der Waals surface area (Å²) in [6, 6.07) is 12.0. The van der Waals surface area contributed by atoms with Gasteiger partial charge in [-0.1, -0.05) is 41.4 Å². The van der Waals surface area contributed by atoms with Crippen LogP contribution >= 0.6 is 23.2 Å². The highest BCUT2D eigenvalue weighted by Gasteiger charge is 2.26. The molecule has 1 atom stereocenters. The summed E-state index contributed by atoms with van der Waals surface area (Å²) in [5, 5.41) is 0.828. The first-order chi connectivity index (χ1) is 25.7. The number of benzene rings is 2. The number of amides is 1. The molecule has 53 heavy (non-hydrogen) atoms. The monoisotopic (exact) mass is 806 g/mol. The molecule has 17 heteroatoms. The second-order valence-electron chi connectivity index (χ2n) is 12.2. The first-order valence-corrected chi connectivity index (χ1v) is 20.2. The first-order valence-electron chi connectivity index (χ1n) is 17.9. The van der Waals surface area contributed by atoms with E-state index in [2.05, 4.69) is 14.3 Å². The fourth-order valence-corrected chi connectivity index (χ4v) is 6.56. The largest absolute Gasteiger partial charge is 0.382 e. The zero-order valence-electron chi connectivity index (χ0n) is 30.9. The van der Waals surface area contributed by atoms with Gasteiger partial charge in [-0.3, -0.25) is 9.52 Å². The number of nitrogens with one attached hydrogen (secondary N) is 2. The summed E-state index contributed by atoms with van der Waals surface area (Å²) in [6.45, 7) is 8.35. The molecule has 0 radical (unpaired) electrons. The third kappa shape index (κ3) is 19.3. The predicted molar refractivity (Wildman–Crippen MR) is 205 cm³/mol. The number of carbonyl (C=O) groups is 1. The molecule has 1 aliphatic rings. The standard InChI is InChI=1S/C36H56Cl2N4O10S/c1-41(36(43)27-30-8-9-33(37)34(38)26-30)35(29-42-11-3-4-12-42)31-6-5-7-32(28-31)40-53(44,45)39-10-13-47-16-17-49-20-21-51-24-25-52-23-22-50-19-18-48-15-14-46-2/h5-9,26,28,35,39-40H,3-4,10-25,27,29H2,1-2H3/t35-/m1/s1. The second-order valence-corrected chi connectivity index (χ2v) is 14.6. The second kappa shape index (κ2) is 26.6. The van der Waals surface area contributed by atoms with E-state index in [1.807, 2.05) is 6.07 Å². The summed E-state index contributed by atoms with van der Waals surface area (Å²) in [5.41, 5.74) is 1.97. The first kappa shape index (κ1) is 45.3. The van der Waals surface area contributed by atoms with Crippen molar-refractivity contribution < 1.29 is 46.4 Å². The van der Waals surface area contributed by atoms with Crippen molar-refractivity contribution in [1.29, 1.82) is 0 Å². The molecule has 0 saturated carbocycles. The topological polar surface area (TPSA) is 146 Å². The highest BCUT2D eigenvalue weighted by molar-refractivity contribution is 7.90. The van der Waals surface area contributed by atoms with Gasteiger partial charge in [0.15, 0.2) is 0 Å². The third-order valence-corrected chi connectivity index (χ3v) is 10.0. The van der Waals surface area contributed by atoms with Gasteiger partial charge in [0.1, 0.15) is 0 Å². The molecule has 0 aliphatic carbocycles. The molecular weight excluding hydrogens is 751 g/mol. The van der Waals surface area contributed by atoms with Crippen LogP contribution in [0.4, 0.5) is 5.69 Å². The van der Waals surface area contributed by atoms with Crippen molar-refractivity contribution >= 4 is 45.0 Å². The maximum absolute atomic E-state index is 13.4. The van der Waals surface area contributed by atoms with Gasteiger partial charge in [0.2, 0.25) is 5.91 Å². The molecule has 0 unspecified atom stereocenters. The smallest absolute Gasteiger partial charge is 0.299 e. The van der Waals surface area contributed by atoms with E-state index in [-0.39, 0.29) is 31.5 Å². The molecular formula is C36H56Cl2N4O10S. The van der Waals surface area contributed by atoms with Crippen molar-refractivity contribution in [2.75, 3.05) is 131 Å². The number of nitrogens with zero attached hydrogens (tertiary/aromatic N) is 2. The Balaban J connectivity index is 1.30. The molecule has 2 N–H and O–H groups in total. The van der Waals surface area contributed by atoms with Crippen molar-refractivity contribution in [3.63, 3.8) is 0 Å². The van der Waals surface area contributed by atoms with E-state index in [1.165, 1.54) is 0 Å². The van der Waals surface area contributed by atoms with E-state index >= 15 is 0 Å². The highest BCUT2D eigenvalue weighted by Crippen LogP contribution is 2.27. The SMILES string of the molecule is COCCOCCOCCOCCOCCOCCOCCNS(=O)(=O)Nc1cccc([C@@H](CN2CCCC2)N(C)C(=O)Cc2ccc(Cl)c(Cl)c2)c1. The summed E-state index contributed by atoms with van der Waals surface area (Å²) >= 11 is 12.2. The van der Waals surface area contributed by atoms with Crippen molar-refractivity contribution in [2.24, 2.45) is 0 Å². The summed E-state index contributed by atoms with van der Waals surface area (Å²) in [4.78, 5) is 17.5. The van der Waals surface area contributed by atoms with Crippen molar-refractivity contribution in [1.82, 2.24) is 14.5 Å². The van der Waals surface area contributed by atoms with Crippen LogP contribution in [0.3, 0.4) is 0 Å². The number of halogens is 2. The molecule has 1 fully saturated rings. The number of likely N-dealkylation sites (tertiary alicyclic amines) is 1. The van der Waals surface area contributed by atoms with E-state index in [1.54, 1.807) is 55.5 Å². The average molecular weight is 808 g/mol. The lowest BCUT2D eigenvalue weighted by Gasteiger charge is -2.32. The summed E-state index contributed by atoms with van der Waals surface area (Å²) < 4.78 is 68.3. The molecule has 0 spiro atoms. The Kier molecular flexibility index (Phi) is 22.8. The van der Waals surface area contributed by atoms with Gasteiger partial charge in [0, 0.05) is 27.2 Å². The van der Waals surface area contributed by atoms with Crippen LogP contribution in [0.5, 0.6) is 0 Å². The number of carbonyl (C=O) groups excluding carboxylic acids is 1. The molecule has 1 heterocycles. The Morgan fingerprint density at radius 3 is 1.87 bits per heavy atom. The average Bonchev–Trinajstić information content (AvgIpc) is 3.66. The lowest BCUT2D eigenvalue weighted by Crippen LogP contribution is -2.39. The maximum Gasteiger partial charge on any atom is 0.299 e. The van der Waals surface area contributed by atoms with E-state index in [4.69, 9.17) is 56.4 Å². The Labute approximate surface area is 324 Å². The molecule has 2 aromatic rings. The molecule has 300 valence electrons. The number of hydrogen-bond donors (Lipinski definition) is 2. The fourth-order valence-electron chi connectivity index (χ4n) is 5.38. The van der Waals surface area contributed by atoms with E-state index < -0.39 is 10.2 Å². The maximum atomic E-state index is 13.4. The minimum atomic E-state index is -3.88. The lowest BCUT2D eigenvalue weighted by molar-refractivity contribution is -0.131. The van der Waals surface area contributed by atoms with Crippen LogP contribution in [0, 0.1) is 0 Å². The number of hydrogen-bond acceptors (Lipinski definition) is 11. The summed E-state index contributed by atoms with van der Waals surface area (Å²) in [5.74, 6) is -0.0882. The van der Waals surface area contributed by atoms with Crippen molar-refractivity contribution in [2.45, 2.75) is 25.3 Å². The molecule has 1 amide bonds. The van der Waals surface area contributed by atoms with E-state index in [9.17, 15) is 13.2 Å². The molecule has 0 aromatic heterocycles. The highest BCUT2D eigenvalue weighted by atomic mass is 35.5. The normalized spacial score (nSPS) is 14.1. The molecule has 14 nitrogen and oxygen atoms in total. The predicted octanol–water partition coefficient (Wildman–Crippen LogP) is 3.82. The Bertz CT molecular complexity index is 1420. The molecule has 2 aromatic carbocycles. The van der Waals surface area contributed by atoms with Crippen LogP contribution in [0.15, 0.2) is 42.5 Å². The number of ether oxygens (including phenoxy) is 7. The molecule has 1 aliphatic heterocycles. The van der Waals surface area contributed by atoms with Crippen LogP contribution < -0.4 is 9.44 Å². The Morgan fingerprint density at radius 2 is 1.32 bits per heavy atom.